The van der Waals surface area contributed by atoms with Crippen molar-refractivity contribution in [2.45, 2.75) is 44.4 Å². The van der Waals surface area contributed by atoms with Crippen LogP contribution in [0.25, 0.3) is 0 Å². The molecule has 138 valence electrons. The van der Waals surface area contributed by atoms with Gasteiger partial charge in [0.2, 0.25) is 0 Å². The first-order valence-electron chi connectivity index (χ1n) is 9.65. The van der Waals surface area contributed by atoms with Gasteiger partial charge in [0.1, 0.15) is 5.75 Å². The van der Waals surface area contributed by atoms with E-state index in [-0.39, 0.29) is 12.1 Å². The third-order valence-electron chi connectivity index (χ3n) is 6.03. The second-order valence-corrected chi connectivity index (χ2v) is 7.59. The molecule has 3 aliphatic rings. The van der Waals surface area contributed by atoms with Crippen LogP contribution in [0.4, 0.5) is 0 Å². The molecule has 0 aromatic heterocycles. The molecule has 0 saturated carbocycles. The molecule has 2 saturated heterocycles. The van der Waals surface area contributed by atoms with E-state index in [0.717, 1.165) is 58.1 Å². The largest absolute Gasteiger partial charge is 0.496 e. The summed E-state index contributed by atoms with van der Waals surface area (Å²) in [5.41, 5.74) is 4.20. The van der Waals surface area contributed by atoms with E-state index < -0.39 is 0 Å². The molecule has 2 atom stereocenters. The first kappa shape index (κ1) is 17.3. The van der Waals surface area contributed by atoms with Crippen molar-refractivity contribution in [2.24, 2.45) is 0 Å². The number of methoxy groups -OCH3 is 1. The average Bonchev–Trinajstić information content (AvgIpc) is 3.09. The molecule has 1 aliphatic carbocycles. The summed E-state index contributed by atoms with van der Waals surface area (Å²) in [4.78, 5) is 4.78. The highest BCUT2D eigenvalue weighted by Gasteiger charge is 2.33. The molecule has 0 radical (unpaired) electrons. The topological polar surface area (TPSA) is 45.2 Å². The molecule has 1 N–H and O–H groups in total. The molecule has 1 aromatic carbocycles. The lowest BCUT2D eigenvalue weighted by molar-refractivity contribution is -0.0534. The van der Waals surface area contributed by atoms with E-state index in [2.05, 4.69) is 21.9 Å². The van der Waals surface area contributed by atoms with E-state index >= 15 is 0 Å². The number of benzene rings is 1. The van der Waals surface area contributed by atoms with Crippen LogP contribution in [0.2, 0.25) is 0 Å². The molecule has 2 heterocycles. The molecule has 5 heteroatoms. The van der Waals surface area contributed by atoms with Gasteiger partial charge in [-0.25, -0.2) is 0 Å². The van der Waals surface area contributed by atoms with E-state index in [9.17, 15) is 5.11 Å². The van der Waals surface area contributed by atoms with Gasteiger partial charge in [-0.05, 0) is 42.9 Å². The second-order valence-electron chi connectivity index (χ2n) is 7.59. The van der Waals surface area contributed by atoms with Gasteiger partial charge in [-0.2, -0.15) is 0 Å². The highest BCUT2D eigenvalue weighted by atomic mass is 16.5. The number of likely N-dealkylation sites (tertiary alicyclic amines) is 1. The number of aliphatic hydroxyl groups is 1. The summed E-state index contributed by atoms with van der Waals surface area (Å²) in [6.45, 7) is 6.10. The molecule has 0 amide bonds. The zero-order valence-corrected chi connectivity index (χ0v) is 15.2. The number of hydrogen-bond donors (Lipinski definition) is 1. The number of β-amino-alcohol motifs (C(OH)–C–C–N with tert-alkyl or cyclic N) is 1. The van der Waals surface area contributed by atoms with E-state index in [0.29, 0.717) is 0 Å². The summed E-state index contributed by atoms with van der Waals surface area (Å²) in [5.74, 6) is 1.01. The van der Waals surface area contributed by atoms with E-state index in [1.807, 2.05) is 0 Å². The lowest BCUT2D eigenvalue weighted by Gasteiger charge is -2.43. The minimum Gasteiger partial charge on any atom is -0.496 e. The van der Waals surface area contributed by atoms with Crippen LogP contribution in [-0.2, 0) is 24.1 Å². The molecule has 2 fully saturated rings. The van der Waals surface area contributed by atoms with E-state index in [4.69, 9.17) is 9.47 Å². The third kappa shape index (κ3) is 3.70. The number of aryl methyl sites for hydroxylation is 2. The molecular formula is C20H30N2O3. The SMILES string of the molecule is COc1cc2c(cc1CN1CC[C@@H](N3CCOCC3)[C@H](O)C1)CCC2. The predicted octanol–water partition coefficient (Wildman–Crippen LogP) is 1.45. The lowest BCUT2D eigenvalue weighted by Crippen LogP contribution is -2.56. The Morgan fingerprint density at radius 2 is 1.92 bits per heavy atom. The van der Waals surface area contributed by atoms with Crippen LogP contribution in [-0.4, -0.2) is 73.6 Å². The Balaban J connectivity index is 1.41. The van der Waals surface area contributed by atoms with Crippen LogP contribution >= 0.6 is 0 Å². The molecule has 0 bridgehead atoms. The normalized spacial score (nSPS) is 28.1. The van der Waals surface area contributed by atoms with Gasteiger partial charge in [-0.3, -0.25) is 9.80 Å². The number of rotatable bonds is 4. The molecular weight excluding hydrogens is 316 g/mol. The number of morpholine rings is 1. The fourth-order valence-electron chi connectivity index (χ4n) is 4.67. The Morgan fingerprint density at radius 3 is 2.64 bits per heavy atom. The Kier molecular flexibility index (Phi) is 5.27. The molecule has 0 spiro atoms. The summed E-state index contributed by atoms with van der Waals surface area (Å²) in [6.07, 6.45) is 4.36. The highest BCUT2D eigenvalue weighted by Crippen LogP contribution is 2.31. The number of hydrogen-bond acceptors (Lipinski definition) is 5. The van der Waals surface area contributed by atoms with Gasteiger partial charge in [0.05, 0.1) is 26.4 Å². The van der Waals surface area contributed by atoms with Crippen molar-refractivity contribution < 1.29 is 14.6 Å². The van der Waals surface area contributed by atoms with E-state index in [1.54, 1.807) is 7.11 Å². The van der Waals surface area contributed by atoms with Crippen molar-refractivity contribution in [3.63, 3.8) is 0 Å². The summed E-state index contributed by atoms with van der Waals surface area (Å²) in [6, 6.07) is 4.85. The number of nitrogens with zero attached hydrogens (tertiary/aromatic N) is 2. The highest BCUT2D eigenvalue weighted by molar-refractivity contribution is 5.44. The number of fused-ring (bicyclic) bond motifs is 1. The zero-order valence-electron chi connectivity index (χ0n) is 15.2. The van der Waals surface area contributed by atoms with Crippen molar-refractivity contribution in [2.75, 3.05) is 46.5 Å². The van der Waals surface area contributed by atoms with Gasteiger partial charge >= 0.3 is 0 Å². The number of piperidine rings is 1. The number of aliphatic hydroxyl groups excluding tert-OH is 1. The summed E-state index contributed by atoms with van der Waals surface area (Å²) < 4.78 is 11.1. The maximum absolute atomic E-state index is 10.7. The van der Waals surface area contributed by atoms with Gasteiger partial charge in [0.25, 0.3) is 0 Å². The van der Waals surface area contributed by atoms with Crippen molar-refractivity contribution in [1.82, 2.24) is 9.80 Å². The second kappa shape index (κ2) is 7.62. The first-order valence-corrected chi connectivity index (χ1v) is 9.65. The predicted molar refractivity (Wildman–Crippen MR) is 97.1 cm³/mol. The van der Waals surface area contributed by atoms with Crippen molar-refractivity contribution in [3.05, 3.63) is 28.8 Å². The molecule has 1 aromatic rings. The van der Waals surface area contributed by atoms with Gasteiger partial charge in [0, 0.05) is 44.3 Å². The van der Waals surface area contributed by atoms with Crippen LogP contribution in [0.5, 0.6) is 5.75 Å². The van der Waals surface area contributed by atoms with Crippen molar-refractivity contribution in [3.8, 4) is 5.75 Å². The van der Waals surface area contributed by atoms with Crippen LogP contribution in [0, 0.1) is 0 Å². The van der Waals surface area contributed by atoms with Crippen molar-refractivity contribution in [1.29, 1.82) is 0 Å². The Hall–Kier alpha value is -1.14. The van der Waals surface area contributed by atoms with Gasteiger partial charge in [0.15, 0.2) is 0 Å². The average molecular weight is 346 g/mol. The Morgan fingerprint density at radius 1 is 1.16 bits per heavy atom. The lowest BCUT2D eigenvalue weighted by atomic mass is 9.98. The van der Waals surface area contributed by atoms with Gasteiger partial charge in [-0.15, -0.1) is 0 Å². The van der Waals surface area contributed by atoms with Crippen LogP contribution < -0.4 is 4.74 Å². The fourth-order valence-corrected chi connectivity index (χ4v) is 4.67. The van der Waals surface area contributed by atoms with Gasteiger partial charge < -0.3 is 14.6 Å². The summed E-state index contributed by atoms with van der Waals surface area (Å²) in [5, 5.41) is 10.7. The van der Waals surface area contributed by atoms with Crippen LogP contribution in [0.15, 0.2) is 12.1 Å². The monoisotopic (exact) mass is 346 g/mol. The first-order chi connectivity index (χ1) is 12.2. The number of ether oxygens (including phenoxy) is 2. The quantitative estimate of drug-likeness (QED) is 0.894. The zero-order chi connectivity index (χ0) is 17.2. The van der Waals surface area contributed by atoms with Crippen molar-refractivity contribution >= 4 is 0 Å². The molecule has 4 rings (SSSR count). The molecule has 25 heavy (non-hydrogen) atoms. The molecule has 5 nitrogen and oxygen atoms in total. The fraction of sp³-hybridized carbons (Fsp3) is 0.700. The molecule has 0 unspecified atom stereocenters. The summed E-state index contributed by atoms with van der Waals surface area (Å²) >= 11 is 0. The summed E-state index contributed by atoms with van der Waals surface area (Å²) in [7, 11) is 1.76. The van der Waals surface area contributed by atoms with E-state index in [1.165, 1.54) is 36.0 Å². The Bertz CT molecular complexity index is 601. The minimum absolute atomic E-state index is 0.280. The third-order valence-corrected chi connectivity index (χ3v) is 6.03. The van der Waals surface area contributed by atoms with Gasteiger partial charge in [-0.1, -0.05) is 6.07 Å². The maximum atomic E-state index is 10.7. The maximum Gasteiger partial charge on any atom is 0.123 e. The molecule has 2 aliphatic heterocycles. The standard InChI is InChI=1S/C20H30N2O3/c1-24-20-12-16-4-2-3-15(16)11-17(20)13-21-6-5-18(19(23)14-21)22-7-9-25-10-8-22/h11-12,18-19,23H,2-10,13-14H2,1H3/t18-,19-/m1/s1. The minimum atomic E-state index is -0.285. The Labute approximate surface area is 150 Å². The smallest absolute Gasteiger partial charge is 0.123 e. The van der Waals surface area contributed by atoms with Crippen LogP contribution in [0.1, 0.15) is 29.5 Å². The van der Waals surface area contributed by atoms with Crippen LogP contribution in [0.3, 0.4) is 0 Å².